The van der Waals surface area contributed by atoms with E-state index in [9.17, 15) is 4.79 Å². The predicted molar refractivity (Wildman–Crippen MR) is 34.3 cm³/mol. The molecule has 0 aliphatic carbocycles. The number of unbranched alkanes of at least 4 members (excludes halogenated alkanes) is 2. The largest absolute Gasteiger partial charge is 0.335 e. The summed E-state index contributed by atoms with van der Waals surface area (Å²) in [4.78, 5) is 14.1. The van der Waals surface area contributed by atoms with Gasteiger partial charge in [-0.25, -0.2) is 5.48 Å². The Balaban J connectivity index is 2.66. The molecule has 0 aliphatic heterocycles. The Hall–Kier alpha value is -0.570. The van der Waals surface area contributed by atoms with E-state index in [0.717, 1.165) is 19.3 Å². The second-order valence-electron chi connectivity index (χ2n) is 1.76. The first-order valence-electron chi connectivity index (χ1n) is 3.15. The van der Waals surface area contributed by atoms with E-state index in [2.05, 4.69) is 11.8 Å². The minimum absolute atomic E-state index is 0.586. The summed E-state index contributed by atoms with van der Waals surface area (Å²) in [5.74, 6) is 0. The maximum absolute atomic E-state index is 9.48. The van der Waals surface area contributed by atoms with Gasteiger partial charge in [0.15, 0.2) is 0 Å². The highest BCUT2D eigenvalue weighted by Crippen LogP contribution is 1.91. The van der Waals surface area contributed by atoms with Crippen LogP contribution in [0.5, 0.6) is 0 Å². The maximum Gasteiger partial charge on any atom is 0.335 e. The summed E-state index contributed by atoms with van der Waals surface area (Å²) in [5.41, 5.74) is 2.00. The second kappa shape index (κ2) is 7.43. The van der Waals surface area contributed by atoms with E-state index in [1.807, 2.05) is 5.48 Å². The van der Waals surface area contributed by atoms with Gasteiger partial charge in [-0.1, -0.05) is 19.8 Å². The molecule has 0 spiro atoms. The molecule has 0 unspecified atom stereocenters. The van der Waals surface area contributed by atoms with Gasteiger partial charge in [0.2, 0.25) is 0 Å². The summed E-state index contributed by atoms with van der Waals surface area (Å²) < 4.78 is 0. The predicted octanol–water partition coefficient (Wildman–Crippen LogP) is 0.765. The van der Waals surface area contributed by atoms with E-state index in [4.69, 9.17) is 0 Å². The Kier molecular flexibility index (Phi) is 6.96. The highest BCUT2D eigenvalue weighted by atomic mass is 16.6. The zero-order valence-electron chi connectivity index (χ0n) is 5.64. The molecule has 0 aromatic rings. The molecular formula is C6H12NO2. The Morgan fingerprint density at radius 2 is 2.33 bits per heavy atom. The molecule has 0 aromatic carbocycles. The van der Waals surface area contributed by atoms with Crippen molar-refractivity contribution in [3.63, 3.8) is 0 Å². The van der Waals surface area contributed by atoms with Gasteiger partial charge in [0, 0.05) is 0 Å². The molecule has 3 heteroatoms. The molecule has 0 aromatic heterocycles. The lowest BCUT2D eigenvalue weighted by Gasteiger charge is -1.96. The van der Waals surface area contributed by atoms with Crippen molar-refractivity contribution in [3.8, 4) is 0 Å². The lowest BCUT2D eigenvalue weighted by molar-refractivity contribution is 0.0797. The van der Waals surface area contributed by atoms with Crippen LogP contribution in [0.15, 0.2) is 0 Å². The molecule has 0 rings (SSSR count). The summed E-state index contributed by atoms with van der Waals surface area (Å²) in [6.07, 6.45) is 4.71. The van der Waals surface area contributed by atoms with Crippen LogP contribution in [0, 0.1) is 0 Å². The van der Waals surface area contributed by atoms with Crippen molar-refractivity contribution in [2.45, 2.75) is 26.2 Å². The molecule has 53 valence electrons. The van der Waals surface area contributed by atoms with Crippen molar-refractivity contribution in [2.24, 2.45) is 0 Å². The SMILES string of the molecule is CCCCCON[C]=O. The number of amides is 1. The molecule has 1 amide bonds. The van der Waals surface area contributed by atoms with Crippen molar-refractivity contribution in [1.82, 2.24) is 5.48 Å². The van der Waals surface area contributed by atoms with Gasteiger partial charge >= 0.3 is 6.41 Å². The first-order valence-corrected chi connectivity index (χ1v) is 3.15. The van der Waals surface area contributed by atoms with Gasteiger partial charge in [-0.3, -0.25) is 9.63 Å². The summed E-state index contributed by atoms with van der Waals surface area (Å²) in [6.45, 7) is 2.70. The summed E-state index contributed by atoms with van der Waals surface area (Å²) in [7, 11) is 0. The third-order valence-corrected chi connectivity index (χ3v) is 0.964. The fraction of sp³-hybridized carbons (Fsp3) is 0.833. The molecule has 1 N–H and O–H groups in total. The van der Waals surface area contributed by atoms with E-state index in [1.165, 1.54) is 6.41 Å². The highest BCUT2D eigenvalue weighted by molar-refractivity contribution is 5.44. The minimum Gasteiger partial charge on any atom is -0.273 e. The summed E-state index contributed by atoms with van der Waals surface area (Å²) in [5, 5.41) is 0. The summed E-state index contributed by atoms with van der Waals surface area (Å²) >= 11 is 0. The average molecular weight is 130 g/mol. The first-order chi connectivity index (χ1) is 4.41. The van der Waals surface area contributed by atoms with Crippen LogP contribution in [0.3, 0.4) is 0 Å². The van der Waals surface area contributed by atoms with E-state index in [-0.39, 0.29) is 0 Å². The molecular weight excluding hydrogens is 118 g/mol. The van der Waals surface area contributed by atoms with Crippen LogP contribution < -0.4 is 5.48 Å². The third-order valence-electron chi connectivity index (χ3n) is 0.964. The lowest BCUT2D eigenvalue weighted by Crippen LogP contribution is -2.12. The standard InChI is InChI=1S/C6H12NO2/c1-2-3-4-5-9-7-6-8/h2-5H2,1H3,(H,7,8). The quantitative estimate of drug-likeness (QED) is 0.327. The van der Waals surface area contributed by atoms with Gasteiger partial charge in [0.05, 0.1) is 6.61 Å². The van der Waals surface area contributed by atoms with E-state index in [1.54, 1.807) is 0 Å². The van der Waals surface area contributed by atoms with Crippen LogP contribution >= 0.6 is 0 Å². The molecule has 0 bridgehead atoms. The molecule has 0 atom stereocenters. The van der Waals surface area contributed by atoms with Crippen molar-refractivity contribution in [3.05, 3.63) is 0 Å². The maximum atomic E-state index is 9.48. The molecule has 1 radical (unpaired) electrons. The monoisotopic (exact) mass is 130 g/mol. The van der Waals surface area contributed by atoms with Gasteiger partial charge < -0.3 is 0 Å². The topological polar surface area (TPSA) is 38.3 Å². The second-order valence-corrected chi connectivity index (χ2v) is 1.76. The number of rotatable bonds is 6. The van der Waals surface area contributed by atoms with Crippen molar-refractivity contribution in [1.29, 1.82) is 0 Å². The van der Waals surface area contributed by atoms with E-state index in [0.29, 0.717) is 6.61 Å². The fourth-order valence-corrected chi connectivity index (χ4v) is 0.505. The third kappa shape index (κ3) is 7.43. The van der Waals surface area contributed by atoms with Crippen LogP contribution in [0.1, 0.15) is 26.2 Å². The Morgan fingerprint density at radius 3 is 2.89 bits per heavy atom. The van der Waals surface area contributed by atoms with Crippen LogP contribution in [-0.4, -0.2) is 13.0 Å². The zero-order chi connectivity index (χ0) is 6.95. The normalized spacial score (nSPS) is 9.00. The molecule has 0 fully saturated rings. The Bertz CT molecular complexity index is 66.1. The Labute approximate surface area is 55.3 Å². The Morgan fingerprint density at radius 1 is 1.56 bits per heavy atom. The van der Waals surface area contributed by atoms with Crippen LogP contribution in [-0.2, 0) is 9.63 Å². The number of hydroxylamine groups is 1. The molecule has 3 nitrogen and oxygen atoms in total. The number of carbonyl (C=O) groups excluding carboxylic acids is 1. The smallest absolute Gasteiger partial charge is 0.273 e. The van der Waals surface area contributed by atoms with Crippen molar-refractivity contribution >= 4 is 6.41 Å². The van der Waals surface area contributed by atoms with Gasteiger partial charge in [0.25, 0.3) is 0 Å². The molecule has 0 heterocycles. The fourth-order valence-electron chi connectivity index (χ4n) is 0.505. The molecule has 9 heavy (non-hydrogen) atoms. The van der Waals surface area contributed by atoms with Gasteiger partial charge in [0.1, 0.15) is 0 Å². The molecule has 0 saturated carbocycles. The van der Waals surface area contributed by atoms with Crippen LogP contribution in [0.25, 0.3) is 0 Å². The zero-order valence-corrected chi connectivity index (χ0v) is 5.64. The lowest BCUT2D eigenvalue weighted by atomic mass is 10.3. The average Bonchev–Trinajstić information content (AvgIpc) is 1.89. The number of hydrogen-bond donors (Lipinski definition) is 1. The minimum atomic E-state index is 0.586. The number of hydrogen-bond acceptors (Lipinski definition) is 2. The van der Waals surface area contributed by atoms with Gasteiger partial charge in [-0.15, -0.1) is 0 Å². The van der Waals surface area contributed by atoms with Crippen LogP contribution in [0.4, 0.5) is 0 Å². The molecule has 0 saturated heterocycles. The van der Waals surface area contributed by atoms with Crippen molar-refractivity contribution in [2.75, 3.05) is 6.61 Å². The highest BCUT2D eigenvalue weighted by Gasteiger charge is 1.84. The van der Waals surface area contributed by atoms with Crippen molar-refractivity contribution < 1.29 is 9.63 Å². The van der Waals surface area contributed by atoms with E-state index < -0.39 is 0 Å². The van der Waals surface area contributed by atoms with E-state index >= 15 is 0 Å². The molecule has 0 aliphatic rings. The number of nitrogens with one attached hydrogen (secondary N) is 1. The van der Waals surface area contributed by atoms with Gasteiger partial charge in [-0.05, 0) is 6.42 Å². The van der Waals surface area contributed by atoms with Crippen LogP contribution in [0.2, 0.25) is 0 Å². The first kappa shape index (κ1) is 8.43. The van der Waals surface area contributed by atoms with Gasteiger partial charge in [-0.2, -0.15) is 0 Å². The summed E-state index contributed by atoms with van der Waals surface area (Å²) in [6, 6.07) is 0.